The fourth-order valence-electron chi connectivity index (χ4n) is 1.26. The van der Waals surface area contributed by atoms with Crippen molar-refractivity contribution in [2.45, 2.75) is 64.6 Å². The molecular formula is C12H24O2. The monoisotopic (exact) mass is 200 g/mol. The van der Waals surface area contributed by atoms with Gasteiger partial charge in [0.05, 0.1) is 12.2 Å². The van der Waals surface area contributed by atoms with Crippen LogP contribution in [0.1, 0.15) is 52.4 Å². The van der Waals surface area contributed by atoms with E-state index < -0.39 is 12.2 Å². The molecule has 0 saturated heterocycles. The number of allylic oxidation sites excluding steroid dienone is 1. The van der Waals surface area contributed by atoms with Crippen molar-refractivity contribution >= 4 is 0 Å². The van der Waals surface area contributed by atoms with Gasteiger partial charge in [-0.15, -0.1) is 0 Å². The molecule has 2 atom stereocenters. The van der Waals surface area contributed by atoms with Crippen LogP contribution in [0.5, 0.6) is 0 Å². The van der Waals surface area contributed by atoms with Crippen LogP contribution < -0.4 is 0 Å². The van der Waals surface area contributed by atoms with Crippen LogP contribution in [-0.2, 0) is 0 Å². The molecule has 84 valence electrons. The quantitative estimate of drug-likeness (QED) is 0.467. The predicted molar refractivity (Wildman–Crippen MR) is 60.2 cm³/mol. The van der Waals surface area contributed by atoms with Crippen molar-refractivity contribution in [2.24, 2.45) is 0 Å². The first-order valence-electron chi connectivity index (χ1n) is 5.71. The molecule has 2 N–H and O–H groups in total. The van der Waals surface area contributed by atoms with Gasteiger partial charge in [0, 0.05) is 0 Å². The maximum Gasteiger partial charge on any atom is 0.0977 e. The summed E-state index contributed by atoms with van der Waals surface area (Å²) in [5, 5.41) is 18.2. The Hall–Kier alpha value is -0.340. The van der Waals surface area contributed by atoms with E-state index in [0.717, 1.165) is 6.42 Å². The van der Waals surface area contributed by atoms with Gasteiger partial charge in [0.15, 0.2) is 0 Å². The van der Waals surface area contributed by atoms with Gasteiger partial charge >= 0.3 is 0 Å². The number of rotatable bonds is 8. The molecule has 0 amide bonds. The zero-order valence-corrected chi connectivity index (χ0v) is 9.45. The zero-order chi connectivity index (χ0) is 10.8. The Bertz CT molecular complexity index is 141. The highest BCUT2D eigenvalue weighted by atomic mass is 16.3. The van der Waals surface area contributed by atoms with E-state index in [0.29, 0.717) is 0 Å². The highest BCUT2D eigenvalue weighted by molar-refractivity contribution is 4.90. The minimum Gasteiger partial charge on any atom is -0.390 e. The molecule has 0 aromatic rings. The lowest BCUT2D eigenvalue weighted by atomic mass is 10.1. The van der Waals surface area contributed by atoms with Crippen LogP contribution in [0.3, 0.4) is 0 Å². The smallest absolute Gasteiger partial charge is 0.0977 e. The second kappa shape index (κ2) is 9.22. The SMILES string of the molecule is CCCCCCC/C=C/C(O)C(C)O. The van der Waals surface area contributed by atoms with Crippen LogP contribution in [0.15, 0.2) is 12.2 Å². The molecule has 2 heteroatoms. The van der Waals surface area contributed by atoms with Gasteiger partial charge in [0.25, 0.3) is 0 Å². The van der Waals surface area contributed by atoms with Crippen LogP contribution in [-0.4, -0.2) is 22.4 Å². The molecule has 0 rings (SSSR count). The summed E-state index contributed by atoms with van der Waals surface area (Å²) in [6.45, 7) is 3.80. The van der Waals surface area contributed by atoms with E-state index in [-0.39, 0.29) is 0 Å². The van der Waals surface area contributed by atoms with Gasteiger partial charge in [0.2, 0.25) is 0 Å². The minimum atomic E-state index is -0.703. The molecular weight excluding hydrogens is 176 g/mol. The van der Waals surface area contributed by atoms with Crippen molar-refractivity contribution in [2.75, 3.05) is 0 Å². The van der Waals surface area contributed by atoms with Crippen molar-refractivity contribution in [1.29, 1.82) is 0 Å². The molecule has 0 bridgehead atoms. The second-order valence-corrected chi connectivity index (χ2v) is 3.86. The molecule has 0 fully saturated rings. The summed E-state index contributed by atoms with van der Waals surface area (Å²) in [4.78, 5) is 0. The maximum atomic E-state index is 9.23. The largest absolute Gasteiger partial charge is 0.390 e. The molecule has 0 spiro atoms. The Kier molecular flexibility index (Phi) is 9.00. The highest BCUT2D eigenvalue weighted by Gasteiger charge is 2.04. The number of hydrogen-bond acceptors (Lipinski definition) is 2. The number of hydrogen-bond donors (Lipinski definition) is 2. The fourth-order valence-corrected chi connectivity index (χ4v) is 1.26. The number of aliphatic hydroxyl groups is 2. The Morgan fingerprint density at radius 3 is 2.29 bits per heavy atom. The van der Waals surface area contributed by atoms with Gasteiger partial charge in [-0.25, -0.2) is 0 Å². The number of aliphatic hydroxyl groups excluding tert-OH is 2. The summed E-state index contributed by atoms with van der Waals surface area (Å²) in [5.74, 6) is 0. The maximum absolute atomic E-state index is 9.23. The van der Waals surface area contributed by atoms with Gasteiger partial charge in [-0.3, -0.25) is 0 Å². The summed E-state index contributed by atoms with van der Waals surface area (Å²) in [7, 11) is 0. The lowest BCUT2D eigenvalue weighted by Gasteiger charge is -2.07. The van der Waals surface area contributed by atoms with Crippen molar-refractivity contribution < 1.29 is 10.2 Å². The Morgan fingerprint density at radius 1 is 1.07 bits per heavy atom. The average Bonchev–Trinajstić information content (AvgIpc) is 2.16. The minimum absolute atomic E-state index is 0.661. The summed E-state index contributed by atoms with van der Waals surface area (Å²) in [6.07, 6.45) is 9.64. The summed E-state index contributed by atoms with van der Waals surface area (Å²) in [5.41, 5.74) is 0. The standard InChI is InChI=1S/C12H24O2/c1-3-4-5-6-7-8-9-10-12(14)11(2)13/h9-14H,3-8H2,1-2H3/b10-9+. The van der Waals surface area contributed by atoms with Crippen LogP contribution >= 0.6 is 0 Å². The molecule has 14 heavy (non-hydrogen) atoms. The Morgan fingerprint density at radius 2 is 1.71 bits per heavy atom. The summed E-state index contributed by atoms with van der Waals surface area (Å²) >= 11 is 0. The lowest BCUT2D eigenvalue weighted by Crippen LogP contribution is -2.19. The first-order valence-corrected chi connectivity index (χ1v) is 5.71. The summed E-state index contributed by atoms with van der Waals surface area (Å²) < 4.78 is 0. The van der Waals surface area contributed by atoms with Crippen LogP contribution in [0.4, 0.5) is 0 Å². The van der Waals surface area contributed by atoms with Gasteiger partial charge in [-0.2, -0.15) is 0 Å². The van der Waals surface area contributed by atoms with E-state index in [2.05, 4.69) is 6.92 Å². The molecule has 0 aliphatic heterocycles. The molecule has 0 aliphatic carbocycles. The molecule has 2 unspecified atom stereocenters. The van der Waals surface area contributed by atoms with E-state index in [1.165, 1.54) is 32.1 Å². The van der Waals surface area contributed by atoms with Crippen molar-refractivity contribution in [3.05, 3.63) is 12.2 Å². The first-order chi connectivity index (χ1) is 6.68. The normalized spacial score (nSPS) is 16.0. The molecule has 0 heterocycles. The van der Waals surface area contributed by atoms with Crippen molar-refractivity contribution in [3.8, 4) is 0 Å². The Labute approximate surface area is 87.7 Å². The zero-order valence-electron chi connectivity index (χ0n) is 9.45. The number of unbranched alkanes of at least 4 members (excludes halogenated alkanes) is 5. The third-order valence-electron chi connectivity index (χ3n) is 2.30. The van der Waals surface area contributed by atoms with E-state index in [1.54, 1.807) is 13.0 Å². The highest BCUT2D eigenvalue weighted by Crippen LogP contribution is 2.06. The van der Waals surface area contributed by atoms with E-state index >= 15 is 0 Å². The average molecular weight is 200 g/mol. The molecule has 0 saturated carbocycles. The summed E-state index contributed by atoms with van der Waals surface area (Å²) in [6, 6.07) is 0. The van der Waals surface area contributed by atoms with E-state index in [9.17, 15) is 5.11 Å². The molecule has 2 nitrogen and oxygen atoms in total. The van der Waals surface area contributed by atoms with Crippen LogP contribution in [0.2, 0.25) is 0 Å². The van der Waals surface area contributed by atoms with Crippen molar-refractivity contribution in [1.82, 2.24) is 0 Å². The molecule has 0 aromatic heterocycles. The van der Waals surface area contributed by atoms with Gasteiger partial charge in [-0.1, -0.05) is 44.8 Å². The van der Waals surface area contributed by atoms with E-state index in [4.69, 9.17) is 5.11 Å². The predicted octanol–water partition coefficient (Wildman–Crippen LogP) is 2.64. The molecule has 0 aromatic carbocycles. The second-order valence-electron chi connectivity index (χ2n) is 3.86. The Balaban J connectivity index is 3.26. The van der Waals surface area contributed by atoms with Crippen molar-refractivity contribution in [3.63, 3.8) is 0 Å². The van der Waals surface area contributed by atoms with Crippen LogP contribution in [0.25, 0.3) is 0 Å². The van der Waals surface area contributed by atoms with Gasteiger partial charge in [0.1, 0.15) is 0 Å². The van der Waals surface area contributed by atoms with Crippen LogP contribution in [0, 0.1) is 0 Å². The molecule has 0 radical (unpaired) electrons. The van der Waals surface area contributed by atoms with Gasteiger partial charge < -0.3 is 10.2 Å². The third-order valence-corrected chi connectivity index (χ3v) is 2.30. The topological polar surface area (TPSA) is 40.5 Å². The lowest BCUT2D eigenvalue weighted by molar-refractivity contribution is 0.0617. The first kappa shape index (κ1) is 13.7. The fraction of sp³-hybridized carbons (Fsp3) is 0.833. The third kappa shape index (κ3) is 8.27. The van der Waals surface area contributed by atoms with E-state index in [1.807, 2.05) is 6.08 Å². The molecule has 0 aliphatic rings. The van der Waals surface area contributed by atoms with Gasteiger partial charge in [-0.05, 0) is 19.8 Å².